The van der Waals surface area contributed by atoms with Crippen molar-refractivity contribution in [2.24, 2.45) is 9.98 Å². The van der Waals surface area contributed by atoms with Gasteiger partial charge in [0.05, 0.1) is 12.1 Å². The smallest absolute Gasteiger partial charge is 0.127 e. The molecular formula is C32H46N2O2. The van der Waals surface area contributed by atoms with E-state index in [1.165, 1.54) is 49.7 Å². The van der Waals surface area contributed by atoms with Gasteiger partial charge in [-0.1, -0.05) is 64.5 Å². The van der Waals surface area contributed by atoms with E-state index in [2.05, 4.69) is 38.1 Å². The molecule has 4 nitrogen and oxygen atoms in total. The van der Waals surface area contributed by atoms with Gasteiger partial charge in [0.25, 0.3) is 0 Å². The van der Waals surface area contributed by atoms with Crippen LogP contribution in [-0.2, 0) is 12.8 Å². The van der Waals surface area contributed by atoms with Crippen LogP contribution in [0.5, 0.6) is 11.5 Å². The zero-order valence-corrected chi connectivity index (χ0v) is 22.9. The lowest BCUT2D eigenvalue weighted by atomic mass is 9.91. The number of aliphatic imine (C=N–C) groups is 2. The predicted molar refractivity (Wildman–Crippen MR) is 153 cm³/mol. The summed E-state index contributed by atoms with van der Waals surface area (Å²) in [6, 6.07) is 8.56. The Balaban J connectivity index is 1.76. The minimum absolute atomic E-state index is 0.0921. The summed E-state index contributed by atoms with van der Waals surface area (Å²) < 4.78 is 0. The Morgan fingerprint density at radius 3 is 1.50 bits per heavy atom. The van der Waals surface area contributed by atoms with E-state index in [1.807, 2.05) is 26.3 Å². The van der Waals surface area contributed by atoms with Crippen molar-refractivity contribution >= 4 is 12.4 Å². The molecule has 1 fully saturated rings. The molecule has 0 saturated heterocycles. The highest BCUT2D eigenvalue weighted by molar-refractivity contribution is 5.85. The Hall–Kier alpha value is -2.62. The zero-order valence-electron chi connectivity index (χ0n) is 22.9. The van der Waals surface area contributed by atoms with E-state index in [-0.39, 0.29) is 12.1 Å². The molecule has 2 aromatic rings. The monoisotopic (exact) mass is 490 g/mol. The van der Waals surface area contributed by atoms with Crippen molar-refractivity contribution in [3.63, 3.8) is 0 Å². The first-order valence-corrected chi connectivity index (χ1v) is 14.1. The van der Waals surface area contributed by atoms with E-state index < -0.39 is 0 Å². The number of phenols is 2. The van der Waals surface area contributed by atoms with Gasteiger partial charge in [0.1, 0.15) is 11.5 Å². The van der Waals surface area contributed by atoms with Crippen LogP contribution in [0.25, 0.3) is 0 Å². The van der Waals surface area contributed by atoms with Gasteiger partial charge >= 0.3 is 0 Å². The highest BCUT2D eigenvalue weighted by Crippen LogP contribution is 2.28. The van der Waals surface area contributed by atoms with Crippen molar-refractivity contribution in [2.75, 3.05) is 0 Å². The Labute approximate surface area is 218 Å². The van der Waals surface area contributed by atoms with Crippen molar-refractivity contribution < 1.29 is 10.2 Å². The van der Waals surface area contributed by atoms with Crippen molar-refractivity contribution in [1.82, 2.24) is 0 Å². The number of hydrogen-bond acceptors (Lipinski definition) is 4. The molecular weight excluding hydrogens is 444 g/mol. The molecule has 1 aliphatic rings. The van der Waals surface area contributed by atoms with Gasteiger partial charge in [-0.25, -0.2) is 0 Å². The average Bonchev–Trinajstić information content (AvgIpc) is 2.87. The molecule has 0 bridgehead atoms. The SMILES string of the molecule is CCCCCc1cc(C)c(O)c(C=NC2CCCCC2N=Cc2cc(CCCCC)cc(C)c2O)c1. The number of rotatable bonds is 12. The highest BCUT2D eigenvalue weighted by atomic mass is 16.3. The van der Waals surface area contributed by atoms with Crippen LogP contribution in [0.4, 0.5) is 0 Å². The molecule has 2 N–H and O–H groups in total. The maximum atomic E-state index is 10.7. The topological polar surface area (TPSA) is 65.2 Å². The normalized spacial score (nSPS) is 18.4. The molecule has 0 radical (unpaired) electrons. The molecule has 0 aliphatic heterocycles. The van der Waals surface area contributed by atoms with Gasteiger partial charge < -0.3 is 10.2 Å². The molecule has 196 valence electrons. The molecule has 1 aliphatic carbocycles. The first-order chi connectivity index (χ1) is 17.4. The van der Waals surface area contributed by atoms with E-state index >= 15 is 0 Å². The van der Waals surface area contributed by atoms with E-state index in [0.717, 1.165) is 60.8 Å². The maximum Gasteiger partial charge on any atom is 0.127 e. The first kappa shape index (κ1) is 28.0. The molecule has 2 aromatic carbocycles. The second-order valence-electron chi connectivity index (χ2n) is 10.6. The van der Waals surface area contributed by atoms with Crippen LogP contribution in [-0.4, -0.2) is 34.7 Å². The van der Waals surface area contributed by atoms with E-state index in [9.17, 15) is 10.2 Å². The van der Waals surface area contributed by atoms with Crippen LogP contribution < -0.4 is 0 Å². The summed E-state index contributed by atoms with van der Waals surface area (Å²) in [4.78, 5) is 9.87. The Bertz CT molecular complexity index is 957. The Morgan fingerprint density at radius 1 is 0.694 bits per heavy atom. The van der Waals surface area contributed by atoms with Crippen LogP contribution in [0.3, 0.4) is 0 Å². The van der Waals surface area contributed by atoms with Gasteiger partial charge in [0.2, 0.25) is 0 Å². The lowest BCUT2D eigenvalue weighted by Gasteiger charge is -2.25. The molecule has 2 unspecified atom stereocenters. The Morgan fingerprint density at radius 2 is 1.11 bits per heavy atom. The minimum atomic E-state index is 0.0921. The van der Waals surface area contributed by atoms with Crippen molar-refractivity contribution in [3.05, 3.63) is 57.6 Å². The second kappa shape index (κ2) is 14.2. The number of hydrogen-bond donors (Lipinski definition) is 2. The van der Waals surface area contributed by atoms with Crippen molar-refractivity contribution in [2.45, 2.75) is 117 Å². The number of aryl methyl sites for hydroxylation is 4. The standard InChI is InChI=1S/C32H46N2O2/c1-5-7-9-13-25-17-23(3)31(35)27(19-25)21-33-29-15-11-12-16-30(29)34-22-28-20-26(14-10-8-6-2)18-24(4)32(28)36/h17-22,29-30,35-36H,5-16H2,1-4H3. The summed E-state index contributed by atoms with van der Waals surface area (Å²) in [6.45, 7) is 8.37. The van der Waals surface area contributed by atoms with Crippen molar-refractivity contribution in [1.29, 1.82) is 0 Å². The summed E-state index contributed by atoms with van der Waals surface area (Å²) in [7, 11) is 0. The van der Waals surface area contributed by atoms with E-state index in [0.29, 0.717) is 11.5 Å². The second-order valence-corrected chi connectivity index (χ2v) is 10.6. The van der Waals surface area contributed by atoms with Gasteiger partial charge in [-0.3, -0.25) is 9.98 Å². The summed E-state index contributed by atoms with van der Waals surface area (Å²) in [5.74, 6) is 0.656. The quantitative estimate of drug-likeness (QED) is 0.234. The number of aromatic hydroxyl groups is 2. The van der Waals surface area contributed by atoms with Gasteiger partial charge in [0, 0.05) is 23.6 Å². The van der Waals surface area contributed by atoms with Gasteiger partial charge in [0.15, 0.2) is 0 Å². The average molecular weight is 491 g/mol. The van der Waals surface area contributed by atoms with Crippen LogP contribution in [0.15, 0.2) is 34.3 Å². The summed E-state index contributed by atoms with van der Waals surface area (Å²) in [5, 5.41) is 21.3. The van der Waals surface area contributed by atoms with Crippen LogP contribution >= 0.6 is 0 Å². The summed E-state index contributed by atoms with van der Waals surface area (Å²) in [6.07, 6.45) is 17.3. The highest BCUT2D eigenvalue weighted by Gasteiger charge is 2.23. The fourth-order valence-electron chi connectivity index (χ4n) is 5.20. The van der Waals surface area contributed by atoms with E-state index in [1.54, 1.807) is 0 Å². The van der Waals surface area contributed by atoms with Crippen LogP contribution in [0.2, 0.25) is 0 Å². The third kappa shape index (κ3) is 7.94. The van der Waals surface area contributed by atoms with Crippen LogP contribution in [0, 0.1) is 13.8 Å². The molecule has 3 rings (SSSR count). The molecule has 1 saturated carbocycles. The zero-order chi connectivity index (χ0) is 25.9. The van der Waals surface area contributed by atoms with Gasteiger partial charge in [-0.05, 0) is 86.8 Å². The molecule has 2 atom stereocenters. The molecule has 0 heterocycles. The van der Waals surface area contributed by atoms with Gasteiger partial charge in [-0.2, -0.15) is 0 Å². The van der Waals surface area contributed by atoms with Gasteiger partial charge in [-0.15, -0.1) is 0 Å². The maximum absolute atomic E-state index is 10.7. The molecule has 0 aromatic heterocycles. The fourth-order valence-corrected chi connectivity index (χ4v) is 5.20. The molecule has 0 amide bonds. The van der Waals surface area contributed by atoms with E-state index in [4.69, 9.17) is 9.98 Å². The third-order valence-corrected chi connectivity index (χ3v) is 7.42. The summed E-state index contributed by atoms with van der Waals surface area (Å²) in [5.41, 5.74) is 5.97. The number of nitrogens with zero attached hydrogens (tertiary/aromatic N) is 2. The van der Waals surface area contributed by atoms with Crippen molar-refractivity contribution in [3.8, 4) is 11.5 Å². The number of unbranched alkanes of at least 4 members (excludes halogenated alkanes) is 4. The molecule has 36 heavy (non-hydrogen) atoms. The lowest BCUT2D eigenvalue weighted by Crippen LogP contribution is -2.27. The minimum Gasteiger partial charge on any atom is -0.507 e. The van der Waals surface area contributed by atoms with Crippen LogP contribution in [0.1, 0.15) is 111 Å². The number of benzene rings is 2. The Kier molecular flexibility index (Phi) is 11.0. The first-order valence-electron chi connectivity index (χ1n) is 14.1. The molecule has 0 spiro atoms. The summed E-state index contributed by atoms with van der Waals surface area (Å²) >= 11 is 0. The largest absolute Gasteiger partial charge is 0.507 e. The third-order valence-electron chi connectivity index (χ3n) is 7.42. The lowest BCUT2D eigenvalue weighted by molar-refractivity contribution is 0.390. The molecule has 4 heteroatoms. The number of phenolic OH excluding ortho intramolecular Hbond substituents is 2. The fraction of sp³-hybridized carbons (Fsp3) is 0.562. The predicted octanol–water partition coefficient (Wildman–Crippen LogP) is 8.03.